The molecular weight excluding hydrogens is 218 g/mol. The minimum absolute atomic E-state index is 0.732. The first kappa shape index (κ1) is 10.9. The minimum atomic E-state index is 0.732. The molecule has 16 heavy (non-hydrogen) atoms. The number of thiocarbonyl (C=S) groups is 1. The van der Waals surface area contributed by atoms with E-state index in [0.29, 0.717) is 0 Å². The summed E-state index contributed by atoms with van der Waals surface area (Å²) >= 11 is 5.29. The highest BCUT2D eigenvalue weighted by Crippen LogP contribution is 2.09. The Bertz CT molecular complexity index is 476. The van der Waals surface area contributed by atoms with Gasteiger partial charge in [-0.2, -0.15) is 0 Å². The third kappa shape index (κ3) is 2.49. The van der Waals surface area contributed by atoms with Crippen LogP contribution in [0.1, 0.15) is 16.9 Å². The molecule has 82 valence electrons. The molecule has 0 unspecified atom stereocenters. The largest absolute Gasteiger partial charge is 0.469 e. The van der Waals surface area contributed by atoms with Crippen molar-refractivity contribution in [3.8, 4) is 0 Å². The molecule has 0 aliphatic rings. The zero-order valence-electron chi connectivity index (χ0n) is 9.07. The molecule has 0 aliphatic carbocycles. The van der Waals surface area contributed by atoms with E-state index >= 15 is 0 Å². The van der Waals surface area contributed by atoms with Crippen molar-refractivity contribution in [2.75, 3.05) is 0 Å². The van der Waals surface area contributed by atoms with E-state index in [-0.39, 0.29) is 0 Å². The van der Waals surface area contributed by atoms with E-state index in [1.54, 1.807) is 6.26 Å². The SMILES string of the molecule is Cc1occc1C(=S)NCc1ccccc1. The summed E-state index contributed by atoms with van der Waals surface area (Å²) < 4.78 is 5.21. The van der Waals surface area contributed by atoms with Gasteiger partial charge in [0.2, 0.25) is 0 Å². The van der Waals surface area contributed by atoms with Crippen LogP contribution in [0, 0.1) is 6.92 Å². The fraction of sp³-hybridized carbons (Fsp3) is 0.154. The second-order valence-electron chi connectivity index (χ2n) is 3.56. The molecule has 1 heterocycles. The van der Waals surface area contributed by atoms with Crippen LogP contribution in [0.5, 0.6) is 0 Å². The lowest BCUT2D eigenvalue weighted by Crippen LogP contribution is -2.21. The Labute approximate surface area is 100 Å². The zero-order chi connectivity index (χ0) is 11.4. The molecule has 0 spiro atoms. The van der Waals surface area contributed by atoms with Crippen molar-refractivity contribution < 1.29 is 4.42 Å². The van der Waals surface area contributed by atoms with E-state index in [1.807, 2.05) is 31.2 Å². The van der Waals surface area contributed by atoms with Crippen molar-refractivity contribution in [2.45, 2.75) is 13.5 Å². The monoisotopic (exact) mass is 231 g/mol. The van der Waals surface area contributed by atoms with E-state index in [0.717, 1.165) is 22.9 Å². The van der Waals surface area contributed by atoms with Gasteiger partial charge >= 0.3 is 0 Å². The fourth-order valence-electron chi connectivity index (χ4n) is 1.49. The van der Waals surface area contributed by atoms with Crippen LogP contribution in [-0.2, 0) is 6.54 Å². The number of furan rings is 1. The third-order valence-electron chi connectivity index (χ3n) is 2.40. The molecule has 3 heteroatoms. The zero-order valence-corrected chi connectivity index (χ0v) is 9.88. The standard InChI is InChI=1S/C13H13NOS/c1-10-12(7-8-15-10)13(16)14-9-11-5-3-2-4-6-11/h2-8H,9H2,1H3,(H,14,16). The molecular formula is C13H13NOS. The van der Waals surface area contributed by atoms with Crippen molar-refractivity contribution in [2.24, 2.45) is 0 Å². The average molecular weight is 231 g/mol. The molecule has 0 fully saturated rings. The Morgan fingerprint density at radius 2 is 2.00 bits per heavy atom. The molecule has 0 aliphatic heterocycles. The van der Waals surface area contributed by atoms with Gasteiger partial charge in [-0.3, -0.25) is 0 Å². The van der Waals surface area contributed by atoms with Crippen molar-refractivity contribution in [1.29, 1.82) is 0 Å². The highest BCUT2D eigenvalue weighted by molar-refractivity contribution is 7.80. The van der Waals surface area contributed by atoms with Crippen LogP contribution in [0.2, 0.25) is 0 Å². The van der Waals surface area contributed by atoms with Crippen LogP contribution in [-0.4, -0.2) is 4.99 Å². The summed E-state index contributed by atoms with van der Waals surface area (Å²) in [4.78, 5) is 0.732. The molecule has 0 bridgehead atoms. The van der Waals surface area contributed by atoms with E-state index in [9.17, 15) is 0 Å². The molecule has 0 radical (unpaired) electrons. The number of hydrogen-bond donors (Lipinski definition) is 1. The molecule has 0 amide bonds. The summed E-state index contributed by atoms with van der Waals surface area (Å²) in [5.74, 6) is 0.852. The van der Waals surface area contributed by atoms with Crippen LogP contribution in [0.25, 0.3) is 0 Å². The van der Waals surface area contributed by atoms with Gasteiger partial charge in [-0.05, 0) is 18.6 Å². The molecule has 0 saturated carbocycles. The summed E-state index contributed by atoms with van der Waals surface area (Å²) in [5.41, 5.74) is 2.18. The van der Waals surface area contributed by atoms with Crippen LogP contribution in [0.4, 0.5) is 0 Å². The van der Waals surface area contributed by atoms with Crippen LogP contribution in [0.3, 0.4) is 0 Å². The van der Waals surface area contributed by atoms with Crippen molar-refractivity contribution in [3.63, 3.8) is 0 Å². The van der Waals surface area contributed by atoms with Crippen LogP contribution >= 0.6 is 12.2 Å². The Morgan fingerprint density at radius 3 is 2.62 bits per heavy atom. The third-order valence-corrected chi connectivity index (χ3v) is 2.76. The second kappa shape index (κ2) is 4.94. The summed E-state index contributed by atoms with van der Waals surface area (Å²) in [6.07, 6.45) is 1.65. The van der Waals surface area contributed by atoms with E-state index in [2.05, 4.69) is 17.4 Å². The van der Waals surface area contributed by atoms with Crippen molar-refractivity contribution in [3.05, 3.63) is 59.5 Å². The number of rotatable bonds is 3. The molecule has 1 aromatic carbocycles. The van der Waals surface area contributed by atoms with Gasteiger partial charge in [0, 0.05) is 12.1 Å². The van der Waals surface area contributed by atoms with Gasteiger partial charge in [0.05, 0.1) is 6.26 Å². The number of aryl methyl sites for hydroxylation is 1. The molecule has 2 rings (SSSR count). The smallest absolute Gasteiger partial charge is 0.110 e. The van der Waals surface area contributed by atoms with Gasteiger partial charge in [-0.1, -0.05) is 42.5 Å². The molecule has 2 aromatic rings. The molecule has 1 N–H and O–H groups in total. The highest BCUT2D eigenvalue weighted by Gasteiger charge is 2.06. The maximum atomic E-state index is 5.29. The molecule has 2 nitrogen and oxygen atoms in total. The Kier molecular flexibility index (Phi) is 3.37. The maximum Gasteiger partial charge on any atom is 0.110 e. The predicted octanol–water partition coefficient (Wildman–Crippen LogP) is 3.05. The molecule has 1 aromatic heterocycles. The van der Waals surface area contributed by atoms with Gasteiger partial charge in [0.25, 0.3) is 0 Å². The summed E-state index contributed by atoms with van der Waals surface area (Å²) in [5, 5.41) is 3.21. The average Bonchev–Trinajstić information content (AvgIpc) is 2.74. The van der Waals surface area contributed by atoms with Gasteiger partial charge in [0.1, 0.15) is 10.7 Å². The normalized spacial score (nSPS) is 10.1. The predicted molar refractivity (Wildman–Crippen MR) is 68.4 cm³/mol. The lowest BCUT2D eigenvalue weighted by atomic mass is 10.2. The first-order chi connectivity index (χ1) is 7.77. The summed E-state index contributed by atoms with van der Waals surface area (Å²) in [7, 11) is 0. The fourth-order valence-corrected chi connectivity index (χ4v) is 1.78. The quantitative estimate of drug-likeness (QED) is 0.822. The van der Waals surface area contributed by atoms with E-state index in [1.165, 1.54) is 5.56 Å². The van der Waals surface area contributed by atoms with Gasteiger partial charge < -0.3 is 9.73 Å². The van der Waals surface area contributed by atoms with E-state index in [4.69, 9.17) is 16.6 Å². The van der Waals surface area contributed by atoms with Gasteiger partial charge in [0.15, 0.2) is 0 Å². The lowest BCUT2D eigenvalue weighted by molar-refractivity contribution is 0.533. The minimum Gasteiger partial charge on any atom is -0.469 e. The van der Waals surface area contributed by atoms with Gasteiger partial charge in [-0.25, -0.2) is 0 Å². The topological polar surface area (TPSA) is 25.2 Å². The van der Waals surface area contributed by atoms with Crippen LogP contribution in [0.15, 0.2) is 47.1 Å². The highest BCUT2D eigenvalue weighted by atomic mass is 32.1. The van der Waals surface area contributed by atoms with Crippen molar-refractivity contribution >= 4 is 17.2 Å². The number of benzene rings is 1. The van der Waals surface area contributed by atoms with Crippen LogP contribution < -0.4 is 5.32 Å². The van der Waals surface area contributed by atoms with E-state index < -0.39 is 0 Å². The Hall–Kier alpha value is -1.61. The van der Waals surface area contributed by atoms with Gasteiger partial charge in [-0.15, -0.1) is 0 Å². The van der Waals surface area contributed by atoms with Crippen molar-refractivity contribution in [1.82, 2.24) is 5.32 Å². The molecule has 0 saturated heterocycles. The summed E-state index contributed by atoms with van der Waals surface area (Å²) in [6.45, 7) is 2.65. The number of hydrogen-bond acceptors (Lipinski definition) is 2. The maximum absolute atomic E-state index is 5.29. The second-order valence-corrected chi connectivity index (χ2v) is 3.97. The number of nitrogens with one attached hydrogen (secondary N) is 1. The Balaban J connectivity index is 1.97. The molecule has 0 atom stereocenters. The summed E-state index contributed by atoms with van der Waals surface area (Å²) in [6, 6.07) is 12.1. The first-order valence-electron chi connectivity index (χ1n) is 5.13. The first-order valence-corrected chi connectivity index (χ1v) is 5.54. The lowest BCUT2D eigenvalue weighted by Gasteiger charge is -2.06. The Morgan fingerprint density at radius 1 is 1.25 bits per heavy atom.